The molecule has 0 radical (unpaired) electrons. The van der Waals surface area contributed by atoms with Crippen LogP contribution in [0.1, 0.15) is 41.6 Å². The number of rotatable bonds is 5. The van der Waals surface area contributed by atoms with E-state index >= 15 is 0 Å². The topological polar surface area (TPSA) is 96.9 Å². The Kier molecular flexibility index (Phi) is 5.00. The molecule has 0 aliphatic carbocycles. The van der Waals surface area contributed by atoms with Gasteiger partial charge in [-0.2, -0.15) is 10.2 Å². The third-order valence-electron chi connectivity index (χ3n) is 3.08. The molecule has 7 heteroatoms. The highest BCUT2D eigenvalue weighted by Gasteiger charge is 2.12. The number of aromatic nitrogens is 2. The van der Waals surface area contributed by atoms with Crippen LogP contribution in [0.25, 0.3) is 0 Å². The van der Waals surface area contributed by atoms with Crippen molar-refractivity contribution >= 4 is 23.3 Å². The maximum atomic E-state index is 11.4. The van der Waals surface area contributed by atoms with Crippen molar-refractivity contribution in [2.75, 3.05) is 0 Å². The van der Waals surface area contributed by atoms with Gasteiger partial charge >= 0.3 is 5.97 Å². The van der Waals surface area contributed by atoms with E-state index in [0.717, 1.165) is 0 Å². The summed E-state index contributed by atoms with van der Waals surface area (Å²) in [6.45, 7) is 5.54. The van der Waals surface area contributed by atoms with Crippen molar-refractivity contribution in [2.24, 2.45) is 16.1 Å². The minimum Gasteiger partial charge on any atom is -0.478 e. The van der Waals surface area contributed by atoms with Crippen LogP contribution < -0.4 is 0 Å². The van der Waals surface area contributed by atoms with Gasteiger partial charge in [0.05, 0.1) is 23.1 Å². The molecule has 2 aromatic rings. The summed E-state index contributed by atoms with van der Waals surface area (Å²) in [4.78, 5) is 22.3. The van der Waals surface area contributed by atoms with E-state index in [1.165, 1.54) is 23.7 Å². The molecular formula is C16H18N4O3. The molecule has 1 N–H and O–H groups in total. The molecule has 120 valence electrons. The Morgan fingerprint density at radius 2 is 1.87 bits per heavy atom. The largest absolute Gasteiger partial charge is 0.478 e. The van der Waals surface area contributed by atoms with E-state index in [4.69, 9.17) is 5.11 Å². The monoisotopic (exact) mass is 314 g/mol. The summed E-state index contributed by atoms with van der Waals surface area (Å²) in [6, 6.07) is 6.07. The number of aromatic carboxylic acids is 1. The lowest BCUT2D eigenvalue weighted by molar-refractivity contribution is 0.0696. The average molecular weight is 314 g/mol. The van der Waals surface area contributed by atoms with E-state index in [9.17, 15) is 9.59 Å². The molecule has 7 nitrogen and oxygen atoms in total. The molecular weight excluding hydrogens is 296 g/mol. The molecule has 0 amide bonds. The predicted molar refractivity (Wildman–Crippen MR) is 84.6 cm³/mol. The minimum absolute atomic E-state index is 0.189. The summed E-state index contributed by atoms with van der Waals surface area (Å²) in [6.07, 6.45) is 2.24. The standard InChI is InChI=1S/C16H18N4O3/c1-10(2)8-14-15(9-20(19-14)11(3)21)18-17-13-6-4-12(5-7-13)16(22)23/h4-7,9-10H,8H2,1-3H3,(H,22,23). The summed E-state index contributed by atoms with van der Waals surface area (Å²) < 4.78 is 1.25. The fourth-order valence-corrected chi connectivity index (χ4v) is 1.96. The number of hydrogen-bond acceptors (Lipinski definition) is 5. The minimum atomic E-state index is -0.990. The second kappa shape index (κ2) is 6.95. The first-order valence-corrected chi connectivity index (χ1v) is 7.21. The van der Waals surface area contributed by atoms with Gasteiger partial charge in [-0.1, -0.05) is 13.8 Å². The summed E-state index contributed by atoms with van der Waals surface area (Å²) in [5.74, 6) is -0.813. The first kappa shape index (κ1) is 16.5. The molecule has 0 saturated carbocycles. The second-order valence-corrected chi connectivity index (χ2v) is 5.57. The SMILES string of the molecule is CC(=O)n1cc(N=Nc2ccc(C(=O)O)cc2)c(CC(C)C)n1. The number of carbonyl (C=O) groups is 2. The van der Waals surface area contributed by atoms with Crippen molar-refractivity contribution in [1.82, 2.24) is 9.78 Å². The summed E-state index contributed by atoms with van der Waals surface area (Å²) in [5.41, 5.74) is 1.97. The van der Waals surface area contributed by atoms with Crippen molar-refractivity contribution in [3.8, 4) is 0 Å². The zero-order valence-electron chi connectivity index (χ0n) is 13.2. The van der Waals surface area contributed by atoms with Crippen LogP contribution in [0.5, 0.6) is 0 Å². The summed E-state index contributed by atoms with van der Waals surface area (Å²) >= 11 is 0. The average Bonchev–Trinajstić information content (AvgIpc) is 2.88. The molecule has 0 bridgehead atoms. The normalized spacial score (nSPS) is 11.3. The predicted octanol–water partition coefficient (Wildman–Crippen LogP) is 3.86. The fourth-order valence-electron chi connectivity index (χ4n) is 1.96. The van der Waals surface area contributed by atoms with Gasteiger partial charge in [0, 0.05) is 6.92 Å². The Morgan fingerprint density at radius 1 is 1.22 bits per heavy atom. The van der Waals surface area contributed by atoms with Crippen LogP contribution in [0.3, 0.4) is 0 Å². The molecule has 0 fully saturated rings. The molecule has 0 aliphatic rings. The maximum absolute atomic E-state index is 11.4. The van der Waals surface area contributed by atoms with Gasteiger partial charge < -0.3 is 5.11 Å². The van der Waals surface area contributed by atoms with Gasteiger partial charge in [0.1, 0.15) is 5.69 Å². The molecule has 1 heterocycles. The number of carboxylic acids is 1. The van der Waals surface area contributed by atoms with Gasteiger partial charge in [0.15, 0.2) is 0 Å². The first-order valence-electron chi connectivity index (χ1n) is 7.21. The third-order valence-corrected chi connectivity index (χ3v) is 3.08. The van der Waals surface area contributed by atoms with Crippen molar-refractivity contribution in [3.05, 3.63) is 41.7 Å². The molecule has 0 spiro atoms. The van der Waals surface area contributed by atoms with E-state index in [1.807, 2.05) is 0 Å². The first-order chi connectivity index (χ1) is 10.9. The molecule has 23 heavy (non-hydrogen) atoms. The number of hydrogen-bond donors (Lipinski definition) is 1. The third kappa shape index (κ3) is 4.32. The van der Waals surface area contributed by atoms with Crippen LogP contribution in [0.15, 0.2) is 40.7 Å². The fraction of sp³-hybridized carbons (Fsp3) is 0.312. The van der Waals surface area contributed by atoms with Crippen molar-refractivity contribution in [3.63, 3.8) is 0 Å². The van der Waals surface area contributed by atoms with Gasteiger partial charge in [-0.05, 0) is 36.6 Å². The maximum Gasteiger partial charge on any atom is 0.335 e. The highest BCUT2D eigenvalue weighted by atomic mass is 16.4. The summed E-state index contributed by atoms with van der Waals surface area (Å²) in [5, 5.41) is 21.3. The Hall–Kier alpha value is -2.83. The van der Waals surface area contributed by atoms with Gasteiger partial charge in [-0.25, -0.2) is 9.48 Å². The summed E-state index contributed by atoms with van der Waals surface area (Å²) in [7, 11) is 0. The van der Waals surface area contributed by atoms with E-state index in [0.29, 0.717) is 29.4 Å². The zero-order valence-corrected chi connectivity index (χ0v) is 13.2. The molecule has 0 aliphatic heterocycles. The van der Waals surface area contributed by atoms with E-state index in [-0.39, 0.29) is 11.5 Å². The smallest absolute Gasteiger partial charge is 0.335 e. The Morgan fingerprint density at radius 3 is 2.39 bits per heavy atom. The van der Waals surface area contributed by atoms with Crippen LogP contribution in [0, 0.1) is 5.92 Å². The van der Waals surface area contributed by atoms with Crippen LogP contribution in [-0.2, 0) is 6.42 Å². The zero-order chi connectivity index (χ0) is 17.0. The molecule has 1 aromatic heterocycles. The molecule has 0 saturated heterocycles. The van der Waals surface area contributed by atoms with Crippen molar-refractivity contribution in [2.45, 2.75) is 27.2 Å². The number of carboxylic acid groups (broad SMARTS) is 1. The molecule has 0 unspecified atom stereocenters. The van der Waals surface area contributed by atoms with E-state index < -0.39 is 5.97 Å². The van der Waals surface area contributed by atoms with Crippen LogP contribution in [0.4, 0.5) is 11.4 Å². The number of carbonyl (C=O) groups excluding carboxylic acids is 1. The highest BCUT2D eigenvalue weighted by molar-refractivity contribution is 5.87. The number of nitrogens with zero attached hydrogens (tertiary/aromatic N) is 4. The quantitative estimate of drug-likeness (QED) is 0.847. The Balaban J connectivity index is 2.26. The lowest BCUT2D eigenvalue weighted by Gasteiger charge is -2.01. The lowest BCUT2D eigenvalue weighted by Crippen LogP contribution is -2.06. The Labute approximate surface area is 133 Å². The number of azo groups is 1. The molecule has 1 aromatic carbocycles. The number of benzene rings is 1. The van der Waals surface area contributed by atoms with Gasteiger partial charge in [-0.15, -0.1) is 5.11 Å². The van der Waals surface area contributed by atoms with E-state index in [2.05, 4.69) is 29.2 Å². The lowest BCUT2D eigenvalue weighted by atomic mass is 10.1. The van der Waals surface area contributed by atoms with E-state index in [1.54, 1.807) is 18.3 Å². The van der Waals surface area contributed by atoms with Crippen molar-refractivity contribution in [1.29, 1.82) is 0 Å². The van der Waals surface area contributed by atoms with Gasteiger partial charge in [-0.3, -0.25) is 4.79 Å². The second-order valence-electron chi connectivity index (χ2n) is 5.57. The molecule has 0 atom stereocenters. The van der Waals surface area contributed by atoms with Crippen LogP contribution in [0.2, 0.25) is 0 Å². The Bertz CT molecular complexity index is 745. The van der Waals surface area contributed by atoms with Gasteiger partial charge in [0.2, 0.25) is 5.91 Å². The highest BCUT2D eigenvalue weighted by Crippen LogP contribution is 2.24. The van der Waals surface area contributed by atoms with Crippen LogP contribution >= 0.6 is 0 Å². The van der Waals surface area contributed by atoms with Gasteiger partial charge in [0.25, 0.3) is 0 Å². The van der Waals surface area contributed by atoms with Crippen LogP contribution in [-0.4, -0.2) is 26.8 Å². The molecule has 2 rings (SSSR count). The van der Waals surface area contributed by atoms with Crippen molar-refractivity contribution < 1.29 is 14.7 Å².